The summed E-state index contributed by atoms with van der Waals surface area (Å²) in [6.07, 6.45) is 0.0649. The van der Waals surface area contributed by atoms with E-state index in [4.69, 9.17) is 4.42 Å². The molecular formula is C18H16BrN3O2. The van der Waals surface area contributed by atoms with Crippen molar-refractivity contribution in [2.24, 2.45) is 0 Å². The lowest BCUT2D eigenvalue weighted by atomic mass is 10.1. The molecule has 1 heterocycles. The number of rotatable bonds is 5. The van der Waals surface area contributed by atoms with Crippen molar-refractivity contribution < 1.29 is 9.21 Å². The van der Waals surface area contributed by atoms with Crippen LogP contribution in [0.25, 0.3) is 11.5 Å². The van der Waals surface area contributed by atoms with Crippen LogP contribution in [0.15, 0.2) is 57.4 Å². The minimum atomic E-state index is -0.151. The van der Waals surface area contributed by atoms with Gasteiger partial charge in [0, 0.05) is 16.6 Å². The van der Waals surface area contributed by atoms with Crippen LogP contribution < -0.4 is 5.32 Å². The number of benzene rings is 2. The fourth-order valence-electron chi connectivity index (χ4n) is 2.14. The molecule has 0 fully saturated rings. The maximum absolute atomic E-state index is 12.0. The van der Waals surface area contributed by atoms with Crippen molar-refractivity contribution >= 4 is 21.8 Å². The first kappa shape index (κ1) is 16.4. The Labute approximate surface area is 148 Å². The smallest absolute Gasteiger partial charge is 0.247 e. The molecule has 0 aliphatic heterocycles. The molecular weight excluding hydrogens is 370 g/mol. The zero-order chi connectivity index (χ0) is 16.9. The molecule has 0 radical (unpaired) electrons. The Bertz CT molecular complexity index is 826. The van der Waals surface area contributed by atoms with Gasteiger partial charge in [0.25, 0.3) is 0 Å². The van der Waals surface area contributed by atoms with E-state index in [9.17, 15) is 4.79 Å². The Morgan fingerprint density at radius 1 is 1.08 bits per heavy atom. The Hall–Kier alpha value is -2.47. The molecule has 0 saturated heterocycles. The topological polar surface area (TPSA) is 68.0 Å². The number of hydrogen-bond donors (Lipinski definition) is 1. The summed E-state index contributed by atoms with van der Waals surface area (Å²) in [7, 11) is 0. The highest BCUT2D eigenvalue weighted by atomic mass is 79.9. The summed E-state index contributed by atoms with van der Waals surface area (Å²) in [4.78, 5) is 12.0. The van der Waals surface area contributed by atoms with Crippen LogP contribution >= 0.6 is 15.9 Å². The third-order valence-electron chi connectivity index (χ3n) is 3.48. The molecule has 0 atom stereocenters. The van der Waals surface area contributed by atoms with Gasteiger partial charge in [-0.15, -0.1) is 10.2 Å². The number of carbonyl (C=O) groups excluding carboxylic acids is 1. The van der Waals surface area contributed by atoms with Crippen LogP contribution in [0.3, 0.4) is 0 Å². The molecule has 0 aliphatic carbocycles. The van der Waals surface area contributed by atoms with E-state index in [0.29, 0.717) is 18.3 Å². The molecule has 0 spiro atoms. The molecule has 3 aromatic rings. The minimum absolute atomic E-state index is 0.0649. The number of nitrogens with zero attached hydrogens (tertiary/aromatic N) is 2. The third kappa shape index (κ3) is 4.29. The van der Waals surface area contributed by atoms with E-state index in [1.807, 2.05) is 55.5 Å². The van der Waals surface area contributed by atoms with Crippen LogP contribution in [-0.2, 0) is 17.8 Å². The summed E-state index contributed by atoms with van der Waals surface area (Å²) in [5.74, 6) is 0.555. The number of hydrogen-bond acceptors (Lipinski definition) is 4. The highest BCUT2D eigenvalue weighted by Gasteiger charge is 2.12. The van der Waals surface area contributed by atoms with Gasteiger partial charge >= 0.3 is 0 Å². The van der Waals surface area contributed by atoms with Crippen LogP contribution in [0.2, 0.25) is 0 Å². The van der Waals surface area contributed by atoms with Gasteiger partial charge in [-0.3, -0.25) is 4.79 Å². The number of aromatic nitrogens is 2. The van der Waals surface area contributed by atoms with Crippen LogP contribution in [-0.4, -0.2) is 16.1 Å². The molecule has 0 saturated carbocycles. The zero-order valence-corrected chi connectivity index (χ0v) is 14.7. The fourth-order valence-corrected chi connectivity index (χ4v) is 2.40. The second-order valence-electron chi connectivity index (χ2n) is 5.45. The van der Waals surface area contributed by atoms with Crippen molar-refractivity contribution in [3.05, 3.63) is 70.0 Å². The molecule has 5 nitrogen and oxygen atoms in total. The average Bonchev–Trinajstić information content (AvgIpc) is 3.03. The predicted molar refractivity (Wildman–Crippen MR) is 94.2 cm³/mol. The van der Waals surface area contributed by atoms with E-state index in [1.165, 1.54) is 5.56 Å². The number of carbonyl (C=O) groups is 1. The third-order valence-corrected chi connectivity index (χ3v) is 4.01. The fraction of sp³-hybridized carbons (Fsp3) is 0.167. The summed E-state index contributed by atoms with van der Waals surface area (Å²) in [6.45, 7) is 2.51. The van der Waals surface area contributed by atoms with E-state index >= 15 is 0 Å². The molecule has 24 heavy (non-hydrogen) atoms. The Kier molecular flexibility index (Phi) is 5.05. The molecule has 6 heteroatoms. The van der Waals surface area contributed by atoms with Gasteiger partial charge in [0.15, 0.2) is 0 Å². The first-order chi connectivity index (χ1) is 11.6. The van der Waals surface area contributed by atoms with Crippen LogP contribution in [0.5, 0.6) is 0 Å². The average molecular weight is 386 g/mol. The normalized spacial score (nSPS) is 10.6. The van der Waals surface area contributed by atoms with E-state index in [1.54, 1.807) is 0 Å². The minimum Gasteiger partial charge on any atom is -0.420 e. The number of nitrogens with one attached hydrogen (secondary N) is 1. The first-order valence-corrected chi connectivity index (χ1v) is 8.30. The molecule has 0 bridgehead atoms. The second-order valence-corrected chi connectivity index (χ2v) is 6.36. The first-order valence-electron chi connectivity index (χ1n) is 7.51. The van der Waals surface area contributed by atoms with Gasteiger partial charge in [-0.2, -0.15) is 0 Å². The van der Waals surface area contributed by atoms with Crippen LogP contribution in [0, 0.1) is 6.92 Å². The molecule has 3 rings (SSSR count). The van der Waals surface area contributed by atoms with Gasteiger partial charge in [-0.1, -0.05) is 45.8 Å². The zero-order valence-electron chi connectivity index (χ0n) is 13.1. The van der Waals surface area contributed by atoms with Gasteiger partial charge in [0.2, 0.25) is 17.7 Å². The Morgan fingerprint density at radius 2 is 1.79 bits per heavy atom. The Balaban J connectivity index is 1.57. The summed E-state index contributed by atoms with van der Waals surface area (Å²) in [5, 5.41) is 10.8. The van der Waals surface area contributed by atoms with Gasteiger partial charge in [0.05, 0.1) is 0 Å². The van der Waals surface area contributed by atoms with Crippen molar-refractivity contribution in [1.82, 2.24) is 15.5 Å². The van der Waals surface area contributed by atoms with Gasteiger partial charge in [-0.05, 0) is 36.8 Å². The lowest BCUT2D eigenvalue weighted by Crippen LogP contribution is -2.24. The maximum Gasteiger partial charge on any atom is 0.247 e. The second kappa shape index (κ2) is 7.40. The molecule has 2 aromatic carbocycles. The molecule has 122 valence electrons. The Morgan fingerprint density at radius 3 is 2.50 bits per heavy atom. The quantitative estimate of drug-likeness (QED) is 0.727. The van der Waals surface area contributed by atoms with Crippen LogP contribution in [0.1, 0.15) is 17.0 Å². The van der Waals surface area contributed by atoms with E-state index in [2.05, 4.69) is 31.4 Å². The van der Waals surface area contributed by atoms with E-state index in [0.717, 1.165) is 15.6 Å². The maximum atomic E-state index is 12.0. The standard InChI is InChI=1S/C18H16BrN3O2/c1-12-2-4-13(5-3-12)11-20-16(23)10-17-21-22-18(24-17)14-6-8-15(19)9-7-14/h2-9H,10-11H2,1H3,(H,20,23). The van der Waals surface area contributed by atoms with Gasteiger partial charge in [0.1, 0.15) is 6.42 Å². The van der Waals surface area contributed by atoms with Gasteiger partial charge < -0.3 is 9.73 Å². The summed E-state index contributed by atoms with van der Waals surface area (Å²) in [5.41, 5.74) is 3.06. The SMILES string of the molecule is Cc1ccc(CNC(=O)Cc2nnc(-c3ccc(Br)cc3)o2)cc1. The van der Waals surface area contributed by atoms with Crippen LogP contribution in [0.4, 0.5) is 0 Å². The molecule has 1 amide bonds. The lowest BCUT2D eigenvalue weighted by molar-refractivity contribution is -0.120. The highest BCUT2D eigenvalue weighted by molar-refractivity contribution is 9.10. The number of halogens is 1. The molecule has 1 aromatic heterocycles. The van der Waals surface area contributed by atoms with E-state index < -0.39 is 0 Å². The number of aryl methyl sites for hydroxylation is 1. The molecule has 0 unspecified atom stereocenters. The summed E-state index contributed by atoms with van der Waals surface area (Å²) in [6, 6.07) is 15.6. The highest BCUT2D eigenvalue weighted by Crippen LogP contribution is 2.20. The van der Waals surface area contributed by atoms with Crippen molar-refractivity contribution in [3.8, 4) is 11.5 Å². The predicted octanol–water partition coefficient (Wildman–Crippen LogP) is 3.67. The lowest BCUT2D eigenvalue weighted by Gasteiger charge is -2.04. The van der Waals surface area contributed by atoms with Crippen molar-refractivity contribution in [2.45, 2.75) is 19.9 Å². The van der Waals surface area contributed by atoms with Gasteiger partial charge in [-0.25, -0.2) is 0 Å². The molecule has 0 aliphatic rings. The number of amides is 1. The van der Waals surface area contributed by atoms with Crippen molar-refractivity contribution in [2.75, 3.05) is 0 Å². The summed E-state index contributed by atoms with van der Waals surface area (Å²) >= 11 is 3.38. The molecule has 1 N–H and O–H groups in total. The van der Waals surface area contributed by atoms with Crippen molar-refractivity contribution in [1.29, 1.82) is 0 Å². The largest absolute Gasteiger partial charge is 0.420 e. The summed E-state index contributed by atoms with van der Waals surface area (Å²) < 4.78 is 6.52. The monoisotopic (exact) mass is 385 g/mol. The van der Waals surface area contributed by atoms with Crippen molar-refractivity contribution in [3.63, 3.8) is 0 Å². The van der Waals surface area contributed by atoms with E-state index in [-0.39, 0.29) is 12.3 Å².